The first-order chi connectivity index (χ1) is 11.2. The van der Waals surface area contributed by atoms with Crippen molar-refractivity contribution in [2.24, 2.45) is 0 Å². The summed E-state index contributed by atoms with van der Waals surface area (Å²) in [6.07, 6.45) is 1.76. The number of esters is 1. The number of aromatic nitrogens is 1. The Kier molecular flexibility index (Phi) is 4.64. The number of nitrogens with zero attached hydrogens (tertiary/aromatic N) is 1. The van der Waals surface area contributed by atoms with Gasteiger partial charge in [-0.2, -0.15) is 0 Å². The molecule has 0 radical (unpaired) electrons. The molecule has 2 aromatic heterocycles. The van der Waals surface area contributed by atoms with E-state index in [0.717, 1.165) is 16.1 Å². The highest BCUT2D eigenvalue weighted by Gasteiger charge is 2.12. The Morgan fingerprint density at radius 1 is 1.30 bits per heavy atom. The van der Waals surface area contributed by atoms with Crippen molar-refractivity contribution in [3.8, 4) is 11.3 Å². The molecule has 0 unspecified atom stereocenters. The second kappa shape index (κ2) is 6.85. The number of carbonyl (C=O) groups excluding carboxylic acids is 1. The molecule has 3 aromatic rings. The van der Waals surface area contributed by atoms with Crippen LogP contribution >= 0.6 is 22.9 Å². The molecule has 0 bridgehead atoms. The van der Waals surface area contributed by atoms with Crippen LogP contribution < -0.4 is 5.32 Å². The van der Waals surface area contributed by atoms with Crippen LogP contribution in [0.4, 0.5) is 5.69 Å². The molecule has 1 aromatic carbocycles. The molecule has 0 spiro atoms. The fourth-order valence-electron chi connectivity index (χ4n) is 2.01. The molecule has 2 heterocycles. The zero-order valence-corrected chi connectivity index (χ0v) is 13.8. The van der Waals surface area contributed by atoms with E-state index >= 15 is 0 Å². The third-order valence-corrected chi connectivity index (χ3v) is 4.27. The summed E-state index contributed by atoms with van der Waals surface area (Å²) in [5.41, 5.74) is 1.85. The van der Waals surface area contributed by atoms with E-state index in [2.05, 4.69) is 15.0 Å². The second-order valence-electron chi connectivity index (χ2n) is 4.67. The van der Waals surface area contributed by atoms with Gasteiger partial charge in [-0.05, 0) is 36.4 Å². The minimum absolute atomic E-state index is 0.187. The van der Waals surface area contributed by atoms with Crippen LogP contribution in [0.1, 0.15) is 15.4 Å². The lowest BCUT2D eigenvalue weighted by atomic mass is 10.1. The average Bonchev–Trinajstić information content (AvgIpc) is 3.22. The summed E-state index contributed by atoms with van der Waals surface area (Å²) in [5.74, 6) is 0.315. The first-order valence-electron chi connectivity index (χ1n) is 6.78. The van der Waals surface area contributed by atoms with Gasteiger partial charge in [-0.15, -0.1) is 11.3 Å². The van der Waals surface area contributed by atoms with Crippen molar-refractivity contribution >= 4 is 34.6 Å². The van der Waals surface area contributed by atoms with Gasteiger partial charge in [0.2, 0.25) is 5.76 Å². The first-order valence-corrected chi connectivity index (χ1v) is 7.98. The maximum Gasteiger partial charge on any atom is 0.373 e. The van der Waals surface area contributed by atoms with Crippen LogP contribution in [0.3, 0.4) is 0 Å². The third kappa shape index (κ3) is 3.72. The molecule has 0 aliphatic carbocycles. The van der Waals surface area contributed by atoms with Gasteiger partial charge in [0.15, 0.2) is 4.47 Å². The predicted molar refractivity (Wildman–Crippen MR) is 89.9 cm³/mol. The number of methoxy groups -OCH3 is 1. The van der Waals surface area contributed by atoms with Gasteiger partial charge in [-0.3, -0.25) is 0 Å². The number of carbonyl (C=O) groups is 1. The summed E-state index contributed by atoms with van der Waals surface area (Å²) in [4.78, 5) is 16.5. The van der Waals surface area contributed by atoms with Crippen molar-refractivity contribution in [3.63, 3.8) is 0 Å². The monoisotopic (exact) mass is 348 g/mol. The molecular formula is C16H13ClN2O3S. The second-order valence-corrected chi connectivity index (χ2v) is 6.36. The van der Waals surface area contributed by atoms with Crippen molar-refractivity contribution in [2.45, 2.75) is 6.54 Å². The number of thiazole rings is 1. The number of ether oxygens (including phenoxy) is 1. The molecule has 0 aliphatic rings. The molecule has 5 nitrogen and oxygen atoms in total. The Morgan fingerprint density at radius 3 is 2.74 bits per heavy atom. The third-order valence-electron chi connectivity index (χ3n) is 3.15. The predicted octanol–water partition coefficient (Wildman–Crippen LogP) is 4.46. The lowest BCUT2D eigenvalue weighted by molar-refractivity contribution is 0.0566. The van der Waals surface area contributed by atoms with Crippen LogP contribution in [0.5, 0.6) is 0 Å². The van der Waals surface area contributed by atoms with E-state index in [1.807, 2.05) is 24.3 Å². The van der Waals surface area contributed by atoms with Gasteiger partial charge in [0.05, 0.1) is 13.7 Å². The number of hydrogen-bond acceptors (Lipinski definition) is 6. The van der Waals surface area contributed by atoms with E-state index in [1.54, 1.807) is 18.3 Å². The molecule has 23 heavy (non-hydrogen) atoms. The van der Waals surface area contributed by atoms with E-state index in [9.17, 15) is 4.79 Å². The highest BCUT2D eigenvalue weighted by Crippen LogP contribution is 2.25. The molecular weight excluding hydrogens is 336 g/mol. The summed E-state index contributed by atoms with van der Waals surface area (Å²) in [6.45, 7) is 0.664. The molecule has 0 amide bonds. The smallest absolute Gasteiger partial charge is 0.373 e. The van der Waals surface area contributed by atoms with Gasteiger partial charge in [-0.1, -0.05) is 11.6 Å². The van der Waals surface area contributed by atoms with Gasteiger partial charge in [0.25, 0.3) is 0 Å². The first kappa shape index (κ1) is 15.6. The number of anilines is 1. The molecule has 0 atom stereocenters. The number of furan rings is 1. The van der Waals surface area contributed by atoms with Crippen molar-refractivity contribution in [1.82, 2.24) is 4.98 Å². The number of benzene rings is 1. The van der Waals surface area contributed by atoms with Gasteiger partial charge in [-0.25, -0.2) is 9.78 Å². The van der Waals surface area contributed by atoms with Crippen LogP contribution in [-0.2, 0) is 11.3 Å². The maximum absolute atomic E-state index is 11.4. The van der Waals surface area contributed by atoms with Crippen molar-refractivity contribution in [1.29, 1.82) is 0 Å². The lowest BCUT2D eigenvalue weighted by Gasteiger charge is -2.05. The molecule has 0 fully saturated rings. The topological polar surface area (TPSA) is 64.4 Å². The van der Waals surface area contributed by atoms with Crippen LogP contribution in [0, 0.1) is 0 Å². The van der Waals surface area contributed by atoms with Gasteiger partial charge >= 0.3 is 5.97 Å². The van der Waals surface area contributed by atoms with E-state index in [4.69, 9.17) is 16.0 Å². The molecule has 0 aliphatic heterocycles. The number of hydrogen-bond donors (Lipinski definition) is 1. The van der Waals surface area contributed by atoms with Crippen LogP contribution in [0.25, 0.3) is 11.3 Å². The SMILES string of the molecule is COC(=O)c1ccc(-c2ccc(NCc3cnc(Cl)s3)cc2)o1. The summed E-state index contributed by atoms with van der Waals surface area (Å²) < 4.78 is 10.6. The zero-order chi connectivity index (χ0) is 16.2. The van der Waals surface area contributed by atoms with Gasteiger partial charge in [0, 0.05) is 22.3 Å². The van der Waals surface area contributed by atoms with Crippen molar-refractivity contribution in [3.05, 3.63) is 57.7 Å². The Bertz CT molecular complexity index is 811. The number of nitrogens with one attached hydrogen (secondary N) is 1. The molecule has 118 valence electrons. The fraction of sp³-hybridized carbons (Fsp3) is 0.125. The highest BCUT2D eigenvalue weighted by atomic mass is 35.5. The number of halogens is 1. The minimum atomic E-state index is -0.488. The van der Waals surface area contributed by atoms with Crippen LogP contribution in [0.15, 0.2) is 47.0 Å². The summed E-state index contributed by atoms with van der Waals surface area (Å²) >= 11 is 7.25. The van der Waals surface area contributed by atoms with Crippen molar-refractivity contribution < 1.29 is 13.9 Å². The Morgan fingerprint density at radius 2 is 2.09 bits per heavy atom. The van der Waals surface area contributed by atoms with E-state index in [1.165, 1.54) is 18.4 Å². The Labute approximate surface area is 141 Å². The molecule has 7 heteroatoms. The van der Waals surface area contributed by atoms with Gasteiger partial charge in [0.1, 0.15) is 5.76 Å². The zero-order valence-electron chi connectivity index (χ0n) is 12.2. The molecule has 1 N–H and O–H groups in total. The van der Waals surface area contributed by atoms with Crippen LogP contribution in [0.2, 0.25) is 4.47 Å². The number of rotatable bonds is 5. The highest BCUT2D eigenvalue weighted by molar-refractivity contribution is 7.15. The van der Waals surface area contributed by atoms with E-state index in [-0.39, 0.29) is 5.76 Å². The van der Waals surface area contributed by atoms with E-state index in [0.29, 0.717) is 16.8 Å². The maximum atomic E-state index is 11.4. The molecule has 0 saturated heterocycles. The Balaban J connectivity index is 1.67. The average molecular weight is 349 g/mol. The quantitative estimate of drug-likeness (QED) is 0.690. The molecule has 0 saturated carbocycles. The van der Waals surface area contributed by atoms with E-state index < -0.39 is 5.97 Å². The van der Waals surface area contributed by atoms with Crippen LogP contribution in [-0.4, -0.2) is 18.1 Å². The summed E-state index contributed by atoms with van der Waals surface area (Å²) in [5, 5.41) is 3.29. The summed E-state index contributed by atoms with van der Waals surface area (Å²) in [6, 6.07) is 11.1. The van der Waals surface area contributed by atoms with Gasteiger partial charge < -0.3 is 14.5 Å². The van der Waals surface area contributed by atoms with Crippen molar-refractivity contribution in [2.75, 3.05) is 12.4 Å². The lowest BCUT2D eigenvalue weighted by Crippen LogP contribution is -1.98. The fourth-order valence-corrected chi connectivity index (χ4v) is 2.93. The molecule has 3 rings (SSSR count). The normalized spacial score (nSPS) is 10.5. The largest absolute Gasteiger partial charge is 0.463 e. The summed E-state index contributed by atoms with van der Waals surface area (Å²) in [7, 11) is 1.32. The standard InChI is InChI=1S/C16H13ClN2O3S/c1-21-15(20)14-7-6-13(22-14)10-2-4-11(5-3-10)18-8-12-9-19-16(17)23-12/h2-7,9,18H,8H2,1H3. The Hall–Kier alpha value is -2.31. The minimum Gasteiger partial charge on any atom is -0.463 e.